The van der Waals surface area contributed by atoms with Crippen LogP contribution in [-0.4, -0.2) is 27.7 Å². The summed E-state index contributed by atoms with van der Waals surface area (Å²) in [4.78, 5) is 37.7. The van der Waals surface area contributed by atoms with E-state index < -0.39 is 29.0 Å². The van der Waals surface area contributed by atoms with Crippen molar-refractivity contribution in [1.29, 1.82) is 0 Å². The Hall–Kier alpha value is -2.92. The first-order chi connectivity index (χ1) is 12.8. The van der Waals surface area contributed by atoms with Crippen LogP contribution in [-0.2, 0) is 4.79 Å². The molecule has 0 spiro atoms. The highest BCUT2D eigenvalue weighted by Gasteiger charge is 2.21. The number of carbonyl (C=O) groups is 2. The largest absolute Gasteiger partial charge is 0.506 e. The van der Waals surface area contributed by atoms with Crippen molar-refractivity contribution in [3.05, 3.63) is 51.8 Å². The number of halogens is 2. The molecule has 0 bridgehead atoms. The third kappa shape index (κ3) is 3.93. The number of pyridine rings is 1. The molecular weight excluding hydrogens is 400 g/mol. The molecule has 2 heterocycles. The topological polar surface area (TPSA) is 125 Å². The third-order valence-electron chi connectivity index (χ3n) is 3.41. The number of aromatic nitrogens is 1. The molecule has 0 radical (unpaired) electrons. The van der Waals surface area contributed by atoms with E-state index in [0.29, 0.717) is 10.3 Å². The van der Waals surface area contributed by atoms with Crippen LogP contribution in [0.2, 0.25) is 0 Å². The van der Waals surface area contributed by atoms with Crippen molar-refractivity contribution in [1.82, 2.24) is 4.98 Å². The fourth-order valence-electron chi connectivity index (χ4n) is 2.29. The third-order valence-corrected chi connectivity index (χ3v) is 5.89. The molecule has 11 heteroatoms. The van der Waals surface area contributed by atoms with Gasteiger partial charge in [0.05, 0.1) is 31.4 Å². The highest BCUT2D eigenvalue weighted by molar-refractivity contribution is 8.02. The lowest BCUT2D eigenvalue weighted by atomic mass is 10.2. The van der Waals surface area contributed by atoms with Crippen LogP contribution >= 0.6 is 23.1 Å². The molecule has 5 N–H and O–H groups in total. The van der Waals surface area contributed by atoms with Gasteiger partial charge in [0.1, 0.15) is 17.4 Å². The van der Waals surface area contributed by atoms with Crippen LogP contribution in [0.15, 0.2) is 33.3 Å². The molecule has 0 saturated heterocycles. The summed E-state index contributed by atoms with van der Waals surface area (Å²) in [5.74, 6) is -3.66. The van der Waals surface area contributed by atoms with Crippen LogP contribution < -0.4 is 16.6 Å². The van der Waals surface area contributed by atoms with Crippen LogP contribution in [0.5, 0.6) is 5.75 Å². The van der Waals surface area contributed by atoms with Crippen molar-refractivity contribution in [3.8, 4) is 5.75 Å². The Labute approximate surface area is 158 Å². The Balaban J connectivity index is 1.83. The number of benzene rings is 1. The maximum atomic E-state index is 13.6. The van der Waals surface area contributed by atoms with Gasteiger partial charge in [-0.25, -0.2) is 8.78 Å². The number of hydrogen-bond acceptors (Lipinski definition) is 6. The lowest BCUT2D eigenvalue weighted by Gasteiger charge is -2.06. The number of aromatic amines is 1. The number of H-pyrrole nitrogens is 1. The normalized spacial score (nSPS) is 10.9. The van der Waals surface area contributed by atoms with Gasteiger partial charge < -0.3 is 21.1 Å². The smallest absolute Gasteiger partial charge is 0.252 e. The van der Waals surface area contributed by atoms with Gasteiger partial charge in [-0.15, -0.1) is 23.1 Å². The average molecular weight is 411 g/mol. The number of amides is 2. The molecular formula is C16H11F2N3O4S2. The first-order valence-electron chi connectivity index (χ1n) is 7.32. The average Bonchev–Trinajstić information content (AvgIpc) is 2.94. The molecule has 0 aliphatic heterocycles. The number of carbonyl (C=O) groups excluding carboxylic acids is 2. The van der Waals surface area contributed by atoms with E-state index in [4.69, 9.17) is 5.73 Å². The fraction of sp³-hybridized carbons (Fsp3) is 0.0625. The van der Waals surface area contributed by atoms with Crippen LogP contribution in [0, 0.1) is 11.6 Å². The number of thioether (sulfide) groups is 1. The number of anilines is 1. The standard InChI is InChI=1S/C16H11F2N3O4S2/c17-6-1-2-8(7(18)3-6)20-11(24)5-26-16-12(15(19)25)13-14(27-16)9(22)4-10(23)21-13/h1-4H,5H2,(H2,19,25)(H,20,24)(H2,21,22,23). The SMILES string of the molecule is NC(=O)c1c(SCC(=O)Nc2ccc(F)cc2F)sc2c(O)cc(=O)[nH]c12. The number of primary amides is 1. The van der Waals surface area contributed by atoms with Gasteiger partial charge in [0, 0.05) is 12.1 Å². The summed E-state index contributed by atoms with van der Waals surface area (Å²) in [5, 5.41) is 12.2. The lowest BCUT2D eigenvalue weighted by molar-refractivity contribution is -0.113. The molecule has 0 saturated carbocycles. The maximum absolute atomic E-state index is 13.6. The number of fused-ring (bicyclic) bond motifs is 1. The second-order valence-electron chi connectivity index (χ2n) is 5.31. The second-order valence-corrected chi connectivity index (χ2v) is 7.58. The number of nitrogens with one attached hydrogen (secondary N) is 2. The summed E-state index contributed by atoms with van der Waals surface area (Å²) in [7, 11) is 0. The predicted octanol–water partition coefficient (Wildman–Crippen LogP) is 2.40. The Morgan fingerprint density at radius 1 is 1.30 bits per heavy atom. The van der Waals surface area contributed by atoms with Crippen LogP contribution in [0.3, 0.4) is 0 Å². The van der Waals surface area contributed by atoms with Gasteiger partial charge >= 0.3 is 0 Å². The molecule has 0 atom stereocenters. The zero-order valence-corrected chi connectivity index (χ0v) is 15.0. The van der Waals surface area contributed by atoms with Gasteiger partial charge in [0.25, 0.3) is 11.5 Å². The Morgan fingerprint density at radius 2 is 2.04 bits per heavy atom. The first kappa shape index (κ1) is 18.9. The molecule has 140 valence electrons. The minimum atomic E-state index is -0.921. The van der Waals surface area contributed by atoms with Gasteiger partial charge in [0.15, 0.2) is 0 Å². The van der Waals surface area contributed by atoms with Gasteiger partial charge in [-0.05, 0) is 12.1 Å². The van der Waals surface area contributed by atoms with Crippen LogP contribution in [0.25, 0.3) is 10.2 Å². The van der Waals surface area contributed by atoms with E-state index in [1.165, 1.54) is 0 Å². The Kier molecular flexibility index (Phi) is 5.15. The summed E-state index contributed by atoms with van der Waals surface area (Å²) in [6, 6.07) is 3.69. The molecule has 3 aromatic rings. The van der Waals surface area contributed by atoms with Crippen LogP contribution in [0.4, 0.5) is 14.5 Å². The minimum Gasteiger partial charge on any atom is -0.506 e. The molecule has 1 aromatic carbocycles. The summed E-state index contributed by atoms with van der Waals surface area (Å²) in [5.41, 5.74) is 4.63. The van der Waals surface area contributed by atoms with E-state index in [1.54, 1.807) is 0 Å². The summed E-state index contributed by atoms with van der Waals surface area (Å²) in [6.45, 7) is 0. The van der Waals surface area contributed by atoms with E-state index >= 15 is 0 Å². The molecule has 0 fully saturated rings. The van der Waals surface area contributed by atoms with Gasteiger partial charge in [-0.1, -0.05) is 0 Å². The number of rotatable bonds is 5. The zero-order valence-electron chi connectivity index (χ0n) is 13.3. The van der Waals surface area contributed by atoms with Gasteiger partial charge in [-0.3, -0.25) is 14.4 Å². The fourth-order valence-corrected chi connectivity index (χ4v) is 4.55. The zero-order chi connectivity index (χ0) is 19.7. The molecule has 2 amide bonds. The van der Waals surface area contributed by atoms with E-state index in [-0.39, 0.29) is 33.0 Å². The van der Waals surface area contributed by atoms with E-state index in [1.807, 2.05) is 0 Å². The molecule has 0 unspecified atom stereocenters. The quantitative estimate of drug-likeness (QED) is 0.480. The highest BCUT2D eigenvalue weighted by Crippen LogP contribution is 2.40. The molecule has 0 aliphatic rings. The minimum absolute atomic E-state index is 0.0197. The summed E-state index contributed by atoms with van der Waals surface area (Å²) >= 11 is 1.91. The second kappa shape index (κ2) is 7.37. The number of hydrogen-bond donors (Lipinski definition) is 4. The van der Waals surface area contributed by atoms with Crippen molar-refractivity contribution < 1.29 is 23.5 Å². The monoisotopic (exact) mass is 411 g/mol. The van der Waals surface area contributed by atoms with Crippen molar-refractivity contribution in [2.75, 3.05) is 11.1 Å². The van der Waals surface area contributed by atoms with E-state index in [2.05, 4.69) is 10.3 Å². The van der Waals surface area contributed by atoms with Crippen molar-refractivity contribution in [3.63, 3.8) is 0 Å². The molecule has 7 nitrogen and oxygen atoms in total. The highest BCUT2D eigenvalue weighted by atomic mass is 32.2. The molecule has 2 aromatic heterocycles. The predicted molar refractivity (Wildman–Crippen MR) is 98.3 cm³/mol. The molecule has 27 heavy (non-hydrogen) atoms. The maximum Gasteiger partial charge on any atom is 0.252 e. The molecule has 0 aliphatic carbocycles. The number of thiophene rings is 1. The van der Waals surface area contributed by atoms with E-state index in [9.17, 15) is 28.3 Å². The molecule has 3 rings (SSSR count). The van der Waals surface area contributed by atoms with E-state index in [0.717, 1.165) is 41.3 Å². The first-order valence-corrected chi connectivity index (χ1v) is 9.12. The van der Waals surface area contributed by atoms with Gasteiger partial charge in [0.2, 0.25) is 5.91 Å². The number of nitrogens with two attached hydrogens (primary N) is 1. The van der Waals surface area contributed by atoms with Crippen molar-refractivity contribution in [2.24, 2.45) is 5.73 Å². The summed E-state index contributed by atoms with van der Waals surface area (Å²) in [6.07, 6.45) is 0. The number of aromatic hydroxyl groups is 1. The van der Waals surface area contributed by atoms with Gasteiger partial charge in [-0.2, -0.15) is 0 Å². The van der Waals surface area contributed by atoms with Crippen molar-refractivity contribution >= 4 is 50.8 Å². The van der Waals surface area contributed by atoms with Crippen LogP contribution in [0.1, 0.15) is 10.4 Å². The lowest BCUT2D eigenvalue weighted by Crippen LogP contribution is -2.16. The van der Waals surface area contributed by atoms with Crippen molar-refractivity contribution in [2.45, 2.75) is 4.21 Å². The Bertz CT molecular complexity index is 1130. The Morgan fingerprint density at radius 3 is 2.70 bits per heavy atom. The summed E-state index contributed by atoms with van der Waals surface area (Å²) < 4.78 is 27.0.